The average Bonchev–Trinajstić information content (AvgIpc) is 3.03. The molecule has 2 unspecified atom stereocenters. The van der Waals surface area contributed by atoms with Gasteiger partial charge in [-0.15, -0.1) is 0 Å². The summed E-state index contributed by atoms with van der Waals surface area (Å²) in [5, 5.41) is 0. The van der Waals surface area contributed by atoms with Crippen LogP contribution in [-0.2, 0) is 23.6 Å². The molecule has 1 aliphatic heterocycles. The third-order valence-electron chi connectivity index (χ3n) is 5.98. The molecule has 3 rings (SSSR count). The van der Waals surface area contributed by atoms with E-state index < -0.39 is 7.82 Å². The van der Waals surface area contributed by atoms with Crippen molar-refractivity contribution in [2.75, 3.05) is 27.8 Å². The maximum absolute atomic E-state index is 13.2. The highest BCUT2D eigenvalue weighted by molar-refractivity contribution is 7.48. The van der Waals surface area contributed by atoms with Gasteiger partial charge in [0.05, 0.1) is 26.4 Å². The van der Waals surface area contributed by atoms with Crippen LogP contribution in [-0.4, -0.2) is 51.0 Å². The number of benzene rings is 1. The Kier molecular flexibility index (Phi) is 7.42. The van der Waals surface area contributed by atoms with Gasteiger partial charge in [-0.25, -0.2) is 4.57 Å². The number of likely N-dealkylation sites (tertiary alicyclic amines) is 1. The first kappa shape index (κ1) is 24.1. The van der Waals surface area contributed by atoms with Crippen LogP contribution < -0.4 is 9.47 Å². The fraction of sp³-hybridized carbons (Fsp3) is 0.652. The Bertz CT molecular complexity index is 840. The molecule has 0 spiro atoms. The molecule has 0 amide bonds. The first-order valence-electron chi connectivity index (χ1n) is 10.9. The third-order valence-corrected chi connectivity index (χ3v) is 7.80. The minimum absolute atomic E-state index is 0.0665. The Morgan fingerprint density at radius 1 is 1.03 bits per heavy atom. The monoisotopic (exact) mass is 453 g/mol. The summed E-state index contributed by atoms with van der Waals surface area (Å²) in [5.74, 6) is 2.12. The van der Waals surface area contributed by atoms with E-state index in [1.165, 1.54) is 5.56 Å². The van der Waals surface area contributed by atoms with Crippen LogP contribution >= 0.6 is 7.82 Å². The summed E-state index contributed by atoms with van der Waals surface area (Å²) in [5.41, 5.74) is 1.15. The fourth-order valence-corrected chi connectivity index (χ4v) is 6.27. The van der Waals surface area contributed by atoms with Gasteiger partial charge in [0.1, 0.15) is 5.76 Å². The predicted molar refractivity (Wildman–Crippen MR) is 121 cm³/mol. The molecule has 2 atom stereocenters. The van der Waals surface area contributed by atoms with Gasteiger partial charge in [-0.2, -0.15) is 0 Å². The molecule has 31 heavy (non-hydrogen) atoms. The van der Waals surface area contributed by atoms with Gasteiger partial charge in [0.25, 0.3) is 0 Å². The van der Waals surface area contributed by atoms with E-state index in [0.29, 0.717) is 12.2 Å². The second-order valence-electron chi connectivity index (χ2n) is 8.88. The van der Waals surface area contributed by atoms with Gasteiger partial charge in [-0.05, 0) is 77.9 Å². The van der Waals surface area contributed by atoms with E-state index in [2.05, 4.69) is 30.2 Å². The molecule has 8 heteroatoms. The van der Waals surface area contributed by atoms with Crippen LogP contribution in [0.3, 0.4) is 0 Å². The van der Waals surface area contributed by atoms with Gasteiger partial charge in [0, 0.05) is 17.9 Å². The van der Waals surface area contributed by atoms with E-state index in [0.717, 1.165) is 30.9 Å². The zero-order valence-corrected chi connectivity index (χ0v) is 20.6. The largest absolute Gasteiger partial charge is 0.530 e. The van der Waals surface area contributed by atoms with Crippen molar-refractivity contribution < 1.29 is 27.6 Å². The second-order valence-corrected chi connectivity index (χ2v) is 10.4. The molecule has 0 radical (unpaired) electrons. The lowest BCUT2D eigenvalue weighted by molar-refractivity contribution is 0.0834. The van der Waals surface area contributed by atoms with Gasteiger partial charge in [-0.3, -0.25) is 13.9 Å². The van der Waals surface area contributed by atoms with Crippen molar-refractivity contribution in [3.63, 3.8) is 0 Å². The lowest BCUT2D eigenvalue weighted by Gasteiger charge is -2.40. The number of fused-ring (bicyclic) bond motifs is 1. The standard InChI is InChI=1S/C23H36NO6P/c1-16(2)28-31(25,29-17(3)4)30-19-10-11-23(12-13-24(5)22(23)15-19)18-8-9-20(26-6)21(14-18)27-7/h8-9,14-17,22H,10-13H2,1-7H3. The zero-order valence-electron chi connectivity index (χ0n) is 19.7. The highest BCUT2D eigenvalue weighted by Crippen LogP contribution is 2.56. The van der Waals surface area contributed by atoms with Crippen LogP contribution in [0.1, 0.15) is 52.5 Å². The number of phosphoric acid groups is 1. The van der Waals surface area contributed by atoms with Crippen molar-refractivity contribution >= 4 is 7.82 Å². The van der Waals surface area contributed by atoms with Crippen LogP contribution in [0.2, 0.25) is 0 Å². The molecule has 1 fully saturated rings. The fourth-order valence-electron chi connectivity index (χ4n) is 4.66. The number of allylic oxidation sites excluding steroid dienone is 1. The van der Waals surface area contributed by atoms with E-state index >= 15 is 0 Å². The predicted octanol–water partition coefficient (Wildman–Crippen LogP) is 5.30. The molecule has 1 aliphatic carbocycles. The maximum Gasteiger partial charge on any atom is 0.530 e. The molecule has 0 aromatic heterocycles. The Balaban J connectivity index is 1.92. The van der Waals surface area contributed by atoms with Crippen LogP contribution in [0.15, 0.2) is 30.0 Å². The minimum atomic E-state index is -3.70. The van der Waals surface area contributed by atoms with Gasteiger partial charge in [0.15, 0.2) is 11.5 Å². The third kappa shape index (κ3) is 5.11. The van der Waals surface area contributed by atoms with Gasteiger partial charge in [-0.1, -0.05) is 6.07 Å². The highest BCUT2D eigenvalue weighted by Gasteiger charge is 2.49. The molecule has 1 aromatic carbocycles. The zero-order chi connectivity index (χ0) is 22.8. The van der Waals surface area contributed by atoms with Crippen LogP contribution in [0, 0.1) is 0 Å². The van der Waals surface area contributed by atoms with Gasteiger partial charge >= 0.3 is 7.82 Å². The van der Waals surface area contributed by atoms with Crippen molar-refractivity contribution in [2.24, 2.45) is 0 Å². The summed E-state index contributed by atoms with van der Waals surface area (Å²) < 4.78 is 41.3. The molecule has 7 nitrogen and oxygen atoms in total. The number of nitrogens with zero attached hydrogens (tertiary/aromatic N) is 1. The van der Waals surface area contributed by atoms with E-state index in [1.807, 2.05) is 33.8 Å². The molecule has 0 N–H and O–H groups in total. The van der Waals surface area contributed by atoms with Crippen LogP contribution in [0.25, 0.3) is 0 Å². The van der Waals surface area contributed by atoms with E-state index in [1.54, 1.807) is 14.2 Å². The van der Waals surface area contributed by atoms with Crippen LogP contribution in [0.4, 0.5) is 0 Å². The Morgan fingerprint density at radius 3 is 2.26 bits per heavy atom. The maximum atomic E-state index is 13.2. The van der Waals surface area contributed by atoms with Crippen molar-refractivity contribution in [3.8, 4) is 11.5 Å². The summed E-state index contributed by atoms with van der Waals surface area (Å²) in [6, 6.07) is 6.29. The lowest BCUT2D eigenvalue weighted by Crippen LogP contribution is -2.42. The topological polar surface area (TPSA) is 66.5 Å². The summed E-state index contributed by atoms with van der Waals surface area (Å²) in [4.78, 5) is 2.32. The molecule has 2 aliphatic rings. The summed E-state index contributed by atoms with van der Waals surface area (Å²) in [7, 11) is 1.72. The van der Waals surface area contributed by atoms with E-state index in [9.17, 15) is 4.57 Å². The molecule has 1 aromatic rings. The molecule has 0 saturated carbocycles. The van der Waals surface area contributed by atoms with Gasteiger partial charge in [0.2, 0.25) is 0 Å². The molecule has 1 heterocycles. The SMILES string of the molecule is COc1ccc(C23CCC(OP(=O)(OC(C)C)OC(C)C)=CC2N(C)CC3)cc1OC. The summed E-state index contributed by atoms with van der Waals surface area (Å²) in [6.07, 6.45) is 4.10. The quantitative estimate of drug-likeness (QED) is 0.470. The number of methoxy groups -OCH3 is 2. The molecule has 0 bridgehead atoms. The molecule has 1 saturated heterocycles. The second kappa shape index (κ2) is 9.53. The van der Waals surface area contributed by atoms with E-state index in [-0.39, 0.29) is 23.7 Å². The van der Waals surface area contributed by atoms with E-state index in [4.69, 9.17) is 23.0 Å². The van der Waals surface area contributed by atoms with Crippen molar-refractivity contribution in [3.05, 3.63) is 35.6 Å². The smallest absolute Gasteiger partial charge is 0.493 e. The van der Waals surface area contributed by atoms with Crippen molar-refractivity contribution in [1.29, 1.82) is 0 Å². The number of hydrogen-bond acceptors (Lipinski definition) is 7. The first-order valence-corrected chi connectivity index (χ1v) is 12.4. The van der Waals surface area contributed by atoms with Crippen LogP contribution in [0.5, 0.6) is 11.5 Å². The van der Waals surface area contributed by atoms with Crippen molar-refractivity contribution in [2.45, 2.75) is 70.6 Å². The van der Waals surface area contributed by atoms with Gasteiger partial charge < -0.3 is 14.0 Å². The lowest BCUT2D eigenvalue weighted by atomic mass is 9.68. The number of phosphoric ester groups is 1. The van der Waals surface area contributed by atoms with Crippen molar-refractivity contribution in [1.82, 2.24) is 4.90 Å². The average molecular weight is 454 g/mol. The molecular formula is C23H36NO6P. The minimum Gasteiger partial charge on any atom is -0.493 e. The normalized spacial score (nSPS) is 24.3. The number of hydrogen-bond donors (Lipinski definition) is 0. The highest BCUT2D eigenvalue weighted by atomic mass is 31.2. The number of rotatable bonds is 9. The summed E-state index contributed by atoms with van der Waals surface area (Å²) >= 11 is 0. The molecule has 174 valence electrons. The summed E-state index contributed by atoms with van der Waals surface area (Å²) in [6.45, 7) is 8.25. The Morgan fingerprint density at radius 2 is 1.68 bits per heavy atom. The first-order chi connectivity index (χ1) is 14.6. The Labute approximate surface area is 186 Å². The number of likely N-dealkylation sites (N-methyl/N-ethyl adjacent to an activating group) is 1. The number of ether oxygens (including phenoxy) is 2. The Hall–Kier alpha value is -1.53. The molecular weight excluding hydrogens is 417 g/mol.